The number of nitrogens with one attached hydrogen (secondary N) is 1. The van der Waals surface area contributed by atoms with Gasteiger partial charge in [-0.1, -0.05) is 47.4 Å². The van der Waals surface area contributed by atoms with Crippen LogP contribution in [0, 0.1) is 0 Å². The number of aromatic nitrogens is 2. The fourth-order valence-electron chi connectivity index (χ4n) is 3.65. The molecule has 8 nitrogen and oxygen atoms in total. The Kier molecular flexibility index (Phi) is 6.27. The van der Waals surface area contributed by atoms with Gasteiger partial charge in [-0.3, -0.25) is 14.9 Å². The highest BCUT2D eigenvalue weighted by Crippen LogP contribution is 2.33. The first-order valence-corrected chi connectivity index (χ1v) is 12.2. The van der Waals surface area contributed by atoms with Crippen molar-refractivity contribution in [3.05, 3.63) is 59.7 Å². The third-order valence-corrected chi connectivity index (χ3v) is 7.15. The molecule has 33 heavy (non-hydrogen) atoms. The number of nitrogens with zero attached hydrogens (tertiary/aromatic N) is 3. The Morgan fingerprint density at radius 3 is 2.97 bits per heavy atom. The first kappa shape index (κ1) is 21.5. The van der Waals surface area contributed by atoms with Crippen LogP contribution in [0.25, 0.3) is 6.08 Å². The molecule has 10 heteroatoms. The molecule has 0 unspecified atom stereocenters. The topological polar surface area (TPSA) is 93.6 Å². The number of carbonyl (C=O) groups excluding carboxylic acids is 2. The van der Waals surface area contributed by atoms with E-state index in [4.69, 9.17) is 9.47 Å². The van der Waals surface area contributed by atoms with Crippen molar-refractivity contribution in [2.24, 2.45) is 0 Å². The largest absolute Gasteiger partial charge is 0.454 e. The van der Waals surface area contributed by atoms with E-state index in [2.05, 4.69) is 21.6 Å². The number of aryl methyl sites for hydroxylation is 1. The van der Waals surface area contributed by atoms with E-state index in [1.165, 1.54) is 34.7 Å². The van der Waals surface area contributed by atoms with Crippen LogP contribution in [0.15, 0.2) is 52.9 Å². The van der Waals surface area contributed by atoms with Crippen LogP contribution in [0.5, 0.6) is 11.5 Å². The number of hydrogen-bond acceptors (Lipinski definition) is 8. The molecule has 2 aromatic carbocycles. The van der Waals surface area contributed by atoms with Crippen molar-refractivity contribution < 1.29 is 19.1 Å². The minimum Gasteiger partial charge on any atom is -0.454 e. The van der Waals surface area contributed by atoms with Crippen LogP contribution in [0.2, 0.25) is 0 Å². The molecule has 3 heterocycles. The highest BCUT2D eigenvalue weighted by Gasteiger charge is 2.22. The highest BCUT2D eigenvalue weighted by atomic mass is 32.2. The lowest BCUT2D eigenvalue weighted by molar-refractivity contribution is -0.116. The van der Waals surface area contributed by atoms with Crippen LogP contribution in [0.4, 0.5) is 10.8 Å². The third kappa shape index (κ3) is 5.01. The number of anilines is 2. The lowest BCUT2D eigenvalue weighted by Gasteiger charge is -2.29. The quantitative estimate of drug-likeness (QED) is 0.324. The third-order valence-electron chi connectivity index (χ3n) is 5.19. The molecule has 0 spiro atoms. The van der Waals surface area contributed by atoms with Crippen LogP contribution in [0.3, 0.4) is 0 Å². The average molecular weight is 481 g/mol. The Labute approximate surface area is 198 Å². The van der Waals surface area contributed by atoms with Gasteiger partial charge in [0.1, 0.15) is 0 Å². The molecule has 2 aliphatic rings. The summed E-state index contributed by atoms with van der Waals surface area (Å²) in [5.74, 6) is 1.34. The van der Waals surface area contributed by atoms with Gasteiger partial charge in [0.2, 0.25) is 23.7 Å². The molecule has 0 radical (unpaired) electrons. The maximum atomic E-state index is 12.8. The number of benzene rings is 2. The molecular formula is C23H20N4O4S2. The van der Waals surface area contributed by atoms with Crippen molar-refractivity contribution >= 4 is 51.8 Å². The zero-order chi connectivity index (χ0) is 22.6. The van der Waals surface area contributed by atoms with Crippen molar-refractivity contribution in [3.63, 3.8) is 0 Å². The monoisotopic (exact) mass is 480 g/mol. The minimum absolute atomic E-state index is 0.0413. The van der Waals surface area contributed by atoms with Gasteiger partial charge in [0.15, 0.2) is 15.8 Å². The summed E-state index contributed by atoms with van der Waals surface area (Å²) >= 11 is 2.57. The molecule has 2 amide bonds. The summed E-state index contributed by atoms with van der Waals surface area (Å²) in [6.45, 7) is 0.931. The summed E-state index contributed by atoms with van der Waals surface area (Å²) < 4.78 is 11.2. The number of carbonyl (C=O) groups is 2. The second-order valence-corrected chi connectivity index (χ2v) is 9.57. The van der Waals surface area contributed by atoms with E-state index < -0.39 is 0 Å². The van der Waals surface area contributed by atoms with Crippen LogP contribution < -0.4 is 19.7 Å². The average Bonchev–Trinajstić information content (AvgIpc) is 3.49. The van der Waals surface area contributed by atoms with Gasteiger partial charge in [-0.25, -0.2) is 0 Å². The van der Waals surface area contributed by atoms with Gasteiger partial charge in [0.25, 0.3) is 0 Å². The van der Waals surface area contributed by atoms with Crippen molar-refractivity contribution in [1.29, 1.82) is 0 Å². The van der Waals surface area contributed by atoms with E-state index in [0.717, 1.165) is 30.6 Å². The Hall–Kier alpha value is -3.37. The van der Waals surface area contributed by atoms with Crippen molar-refractivity contribution in [2.75, 3.05) is 29.3 Å². The van der Waals surface area contributed by atoms with Crippen molar-refractivity contribution in [1.82, 2.24) is 10.2 Å². The van der Waals surface area contributed by atoms with Gasteiger partial charge in [-0.2, -0.15) is 0 Å². The van der Waals surface area contributed by atoms with Crippen molar-refractivity contribution in [2.45, 2.75) is 17.2 Å². The lowest BCUT2D eigenvalue weighted by Crippen LogP contribution is -2.36. The Balaban J connectivity index is 1.14. The number of thioether (sulfide) groups is 1. The number of para-hydroxylation sites is 1. The molecule has 0 aliphatic carbocycles. The smallest absolute Gasteiger partial charge is 0.250 e. The molecule has 0 saturated heterocycles. The summed E-state index contributed by atoms with van der Waals surface area (Å²) in [5, 5.41) is 11.2. The fourth-order valence-corrected chi connectivity index (χ4v) is 5.28. The minimum atomic E-state index is -0.318. The van der Waals surface area contributed by atoms with Crippen LogP contribution >= 0.6 is 23.1 Å². The van der Waals surface area contributed by atoms with E-state index in [9.17, 15) is 9.59 Å². The first-order valence-electron chi connectivity index (χ1n) is 10.4. The normalized spacial score (nSPS) is 14.4. The summed E-state index contributed by atoms with van der Waals surface area (Å²) in [4.78, 5) is 26.9. The summed E-state index contributed by atoms with van der Waals surface area (Å²) in [7, 11) is 0. The van der Waals surface area contributed by atoms with Gasteiger partial charge < -0.3 is 14.4 Å². The van der Waals surface area contributed by atoms with E-state index in [-0.39, 0.29) is 24.4 Å². The zero-order valence-corrected chi connectivity index (χ0v) is 19.2. The van der Waals surface area contributed by atoms with Crippen LogP contribution in [0.1, 0.15) is 17.5 Å². The predicted molar refractivity (Wildman–Crippen MR) is 128 cm³/mol. The molecule has 0 atom stereocenters. The number of hydrogen-bond donors (Lipinski definition) is 1. The highest BCUT2D eigenvalue weighted by molar-refractivity contribution is 8.01. The SMILES string of the molecule is O=C(C=Cc1ccc2c(c1)OCO2)Nc1nnc(SCC(=O)N2CCCc3ccccc32)s1. The van der Waals surface area contributed by atoms with Gasteiger partial charge in [-0.15, -0.1) is 10.2 Å². The molecule has 1 aromatic heterocycles. The Bertz CT molecular complexity index is 1230. The van der Waals surface area contributed by atoms with E-state index in [1.807, 2.05) is 35.2 Å². The molecular weight excluding hydrogens is 460 g/mol. The van der Waals surface area contributed by atoms with E-state index >= 15 is 0 Å². The number of fused-ring (bicyclic) bond motifs is 2. The Morgan fingerprint density at radius 2 is 2.03 bits per heavy atom. The predicted octanol–water partition coefficient (Wildman–Crippen LogP) is 3.99. The molecule has 3 aromatic rings. The standard InChI is InChI=1S/C23H20N4O4S2/c28-20(10-8-15-7-9-18-19(12-15)31-14-30-18)24-22-25-26-23(33-22)32-13-21(29)27-11-3-5-16-4-1-2-6-17(16)27/h1-2,4,6-10,12H,3,5,11,13-14H2,(H,24,25,28). The van der Waals surface area contributed by atoms with Crippen LogP contribution in [-0.4, -0.2) is 41.1 Å². The van der Waals surface area contributed by atoms with Gasteiger partial charge >= 0.3 is 0 Å². The van der Waals surface area contributed by atoms with Gasteiger partial charge in [0, 0.05) is 18.3 Å². The maximum absolute atomic E-state index is 12.8. The van der Waals surface area contributed by atoms with Crippen LogP contribution in [-0.2, 0) is 16.0 Å². The molecule has 0 bridgehead atoms. The number of ether oxygens (including phenoxy) is 2. The molecule has 168 valence electrons. The molecule has 1 N–H and O–H groups in total. The Morgan fingerprint density at radius 1 is 1.15 bits per heavy atom. The lowest BCUT2D eigenvalue weighted by atomic mass is 10.0. The van der Waals surface area contributed by atoms with E-state index in [1.54, 1.807) is 12.1 Å². The molecule has 0 saturated carbocycles. The second kappa shape index (κ2) is 9.63. The zero-order valence-electron chi connectivity index (χ0n) is 17.5. The first-order chi connectivity index (χ1) is 16.2. The van der Waals surface area contributed by atoms with Gasteiger partial charge in [-0.05, 0) is 48.2 Å². The van der Waals surface area contributed by atoms with Crippen molar-refractivity contribution in [3.8, 4) is 11.5 Å². The summed E-state index contributed by atoms with van der Waals surface area (Å²) in [5.41, 5.74) is 3.02. The summed E-state index contributed by atoms with van der Waals surface area (Å²) in [6.07, 6.45) is 5.06. The van der Waals surface area contributed by atoms with Gasteiger partial charge in [0.05, 0.1) is 5.75 Å². The molecule has 0 fully saturated rings. The fraction of sp³-hybridized carbons (Fsp3) is 0.217. The summed E-state index contributed by atoms with van der Waals surface area (Å²) in [6, 6.07) is 13.5. The van der Waals surface area contributed by atoms with E-state index in [0.29, 0.717) is 21.0 Å². The molecule has 2 aliphatic heterocycles. The second-order valence-electron chi connectivity index (χ2n) is 7.37. The molecule has 5 rings (SSSR count). The number of amides is 2. The maximum Gasteiger partial charge on any atom is 0.250 e. The number of rotatable bonds is 6.